The van der Waals surface area contributed by atoms with Gasteiger partial charge in [0.05, 0.1) is 13.2 Å². The van der Waals surface area contributed by atoms with Crippen LogP contribution in [-0.2, 0) is 14.2 Å². The van der Waals surface area contributed by atoms with Gasteiger partial charge in [-0.3, -0.25) is 0 Å². The Morgan fingerprint density at radius 3 is 1.68 bits per heavy atom. The molecule has 0 aromatic heterocycles. The molecule has 0 radical (unpaired) electrons. The minimum atomic E-state index is -1.61. The highest BCUT2D eigenvalue weighted by molar-refractivity contribution is 4.65. The standard InChI is InChI=1S/C15H32O4/c1-5-8-11-17-14(4)15(16,18-12-9-6-2)19-13-10-7-3/h14,16H,5-13H2,1-4H3. The van der Waals surface area contributed by atoms with Gasteiger partial charge in [0.25, 0.3) is 0 Å². The second-order valence-electron chi connectivity index (χ2n) is 4.90. The molecule has 1 unspecified atom stereocenters. The average Bonchev–Trinajstić information content (AvgIpc) is 2.39. The molecule has 19 heavy (non-hydrogen) atoms. The third kappa shape index (κ3) is 8.58. The monoisotopic (exact) mass is 276 g/mol. The van der Waals surface area contributed by atoms with Crippen molar-refractivity contribution >= 4 is 0 Å². The third-order valence-electron chi connectivity index (χ3n) is 2.99. The van der Waals surface area contributed by atoms with E-state index in [2.05, 4.69) is 20.8 Å². The fourth-order valence-electron chi connectivity index (χ4n) is 1.51. The van der Waals surface area contributed by atoms with E-state index in [-0.39, 0.29) is 0 Å². The number of hydrogen-bond acceptors (Lipinski definition) is 4. The van der Waals surface area contributed by atoms with E-state index in [1.54, 1.807) is 6.92 Å². The van der Waals surface area contributed by atoms with Gasteiger partial charge in [0.1, 0.15) is 6.10 Å². The quantitative estimate of drug-likeness (QED) is 0.413. The first-order valence-electron chi connectivity index (χ1n) is 7.72. The predicted molar refractivity (Wildman–Crippen MR) is 77.0 cm³/mol. The Balaban J connectivity index is 4.26. The topological polar surface area (TPSA) is 47.9 Å². The van der Waals surface area contributed by atoms with E-state index in [1.165, 1.54) is 0 Å². The Morgan fingerprint density at radius 2 is 1.26 bits per heavy atom. The Morgan fingerprint density at radius 1 is 0.842 bits per heavy atom. The second kappa shape index (κ2) is 11.6. The van der Waals surface area contributed by atoms with Gasteiger partial charge >= 0.3 is 5.97 Å². The van der Waals surface area contributed by atoms with E-state index in [9.17, 15) is 5.11 Å². The van der Waals surface area contributed by atoms with Crippen molar-refractivity contribution < 1.29 is 19.3 Å². The Bertz CT molecular complexity index is 187. The fraction of sp³-hybridized carbons (Fsp3) is 1.00. The highest BCUT2D eigenvalue weighted by Gasteiger charge is 2.37. The summed E-state index contributed by atoms with van der Waals surface area (Å²) in [4.78, 5) is 0. The normalized spacial score (nSPS) is 13.7. The Hall–Kier alpha value is -0.160. The van der Waals surface area contributed by atoms with Crippen molar-refractivity contribution in [3.63, 3.8) is 0 Å². The minimum absolute atomic E-state index is 0.479. The molecule has 1 N–H and O–H groups in total. The first kappa shape index (κ1) is 18.8. The van der Waals surface area contributed by atoms with Crippen LogP contribution in [0.4, 0.5) is 0 Å². The largest absolute Gasteiger partial charge is 0.370 e. The van der Waals surface area contributed by atoms with Gasteiger partial charge in [0.2, 0.25) is 0 Å². The number of ether oxygens (including phenoxy) is 3. The van der Waals surface area contributed by atoms with Crippen LogP contribution in [0.15, 0.2) is 0 Å². The first-order chi connectivity index (χ1) is 9.10. The van der Waals surface area contributed by atoms with Gasteiger partial charge in [-0.2, -0.15) is 0 Å². The SMILES string of the molecule is CCCCOC(C)C(O)(OCCCC)OCCCC. The van der Waals surface area contributed by atoms with Crippen molar-refractivity contribution in [1.82, 2.24) is 0 Å². The van der Waals surface area contributed by atoms with E-state index < -0.39 is 12.1 Å². The van der Waals surface area contributed by atoms with Crippen LogP contribution in [0.3, 0.4) is 0 Å². The highest BCUT2D eigenvalue weighted by atomic mass is 16.8. The van der Waals surface area contributed by atoms with Gasteiger partial charge in [-0.15, -0.1) is 0 Å². The van der Waals surface area contributed by atoms with Crippen molar-refractivity contribution in [2.75, 3.05) is 19.8 Å². The summed E-state index contributed by atoms with van der Waals surface area (Å²) in [5.41, 5.74) is 0. The van der Waals surface area contributed by atoms with Crippen LogP contribution in [0.5, 0.6) is 0 Å². The van der Waals surface area contributed by atoms with Crippen molar-refractivity contribution in [2.24, 2.45) is 0 Å². The summed E-state index contributed by atoms with van der Waals surface area (Å²) in [5.74, 6) is -1.61. The van der Waals surface area contributed by atoms with Crippen molar-refractivity contribution in [3.05, 3.63) is 0 Å². The van der Waals surface area contributed by atoms with Crippen LogP contribution in [0.1, 0.15) is 66.2 Å². The molecule has 4 heteroatoms. The zero-order valence-corrected chi connectivity index (χ0v) is 13.1. The number of hydrogen-bond donors (Lipinski definition) is 1. The number of aliphatic hydroxyl groups is 1. The lowest BCUT2D eigenvalue weighted by atomic mass is 10.3. The van der Waals surface area contributed by atoms with Crippen LogP contribution in [0.2, 0.25) is 0 Å². The molecule has 0 saturated carbocycles. The van der Waals surface area contributed by atoms with Crippen LogP contribution in [0.25, 0.3) is 0 Å². The molecular formula is C15H32O4. The summed E-state index contributed by atoms with van der Waals surface area (Å²) in [5, 5.41) is 10.5. The zero-order chi connectivity index (χ0) is 14.6. The molecule has 0 aliphatic heterocycles. The maximum atomic E-state index is 10.5. The first-order valence-corrected chi connectivity index (χ1v) is 7.72. The molecular weight excluding hydrogens is 244 g/mol. The molecule has 116 valence electrons. The van der Waals surface area contributed by atoms with E-state index in [0.717, 1.165) is 38.5 Å². The number of rotatable bonds is 13. The molecule has 0 aliphatic carbocycles. The predicted octanol–water partition coefficient (Wildman–Crippen LogP) is 3.47. The molecule has 0 amide bonds. The lowest BCUT2D eigenvalue weighted by Crippen LogP contribution is -2.48. The number of unbranched alkanes of at least 4 members (excludes halogenated alkanes) is 3. The zero-order valence-electron chi connectivity index (χ0n) is 13.1. The molecule has 0 aromatic carbocycles. The molecule has 4 nitrogen and oxygen atoms in total. The Labute approximate surface area is 118 Å². The molecule has 0 spiro atoms. The van der Waals surface area contributed by atoms with E-state index in [4.69, 9.17) is 14.2 Å². The average molecular weight is 276 g/mol. The van der Waals surface area contributed by atoms with Gasteiger partial charge in [0, 0.05) is 6.61 Å². The second-order valence-corrected chi connectivity index (χ2v) is 4.90. The molecule has 0 bridgehead atoms. The van der Waals surface area contributed by atoms with E-state index in [0.29, 0.717) is 19.8 Å². The van der Waals surface area contributed by atoms with Crippen LogP contribution >= 0.6 is 0 Å². The van der Waals surface area contributed by atoms with Crippen molar-refractivity contribution in [2.45, 2.75) is 78.3 Å². The maximum absolute atomic E-state index is 10.5. The lowest BCUT2D eigenvalue weighted by molar-refractivity contribution is -0.398. The van der Waals surface area contributed by atoms with Crippen molar-refractivity contribution in [3.8, 4) is 0 Å². The summed E-state index contributed by atoms with van der Waals surface area (Å²) in [6.45, 7) is 9.67. The maximum Gasteiger partial charge on any atom is 0.308 e. The molecule has 0 rings (SSSR count). The molecule has 0 fully saturated rings. The molecule has 0 aromatic rings. The van der Waals surface area contributed by atoms with Gasteiger partial charge in [-0.1, -0.05) is 40.0 Å². The fourth-order valence-corrected chi connectivity index (χ4v) is 1.51. The van der Waals surface area contributed by atoms with Crippen LogP contribution in [-0.4, -0.2) is 37.0 Å². The molecule has 0 heterocycles. The summed E-state index contributed by atoms with van der Waals surface area (Å²) >= 11 is 0. The van der Waals surface area contributed by atoms with Gasteiger partial charge in [0.15, 0.2) is 0 Å². The van der Waals surface area contributed by atoms with Crippen molar-refractivity contribution in [1.29, 1.82) is 0 Å². The van der Waals surface area contributed by atoms with Gasteiger partial charge in [-0.25, -0.2) is 0 Å². The van der Waals surface area contributed by atoms with Gasteiger partial charge < -0.3 is 19.3 Å². The summed E-state index contributed by atoms with van der Waals surface area (Å²) < 4.78 is 16.6. The summed E-state index contributed by atoms with van der Waals surface area (Å²) in [7, 11) is 0. The third-order valence-corrected chi connectivity index (χ3v) is 2.99. The molecule has 1 atom stereocenters. The summed E-state index contributed by atoms with van der Waals surface area (Å²) in [6.07, 6.45) is 5.42. The lowest BCUT2D eigenvalue weighted by Gasteiger charge is -2.33. The van der Waals surface area contributed by atoms with E-state index >= 15 is 0 Å². The van der Waals surface area contributed by atoms with E-state index in [1.807, 2.05) is 0 Å². The molecule has 0 aliphatic rings. The Kier molecular flexibility index (Phi) is 11.6. The smallest absolute Gasteiger partial charge is 0.308 e. The molecule has 0 saturated heterocycles. The van der Waals surface area contributed by atoms with Crippen LogP contribution < -0.4 is 0 Å². The summed E-state index contributed by atoms with van der Waals surface area (Å²) in [6, 6.07) is 0. The van der Waals surface area contributed by atoms with Crippen LogP contribution in [0, 0.1) is 0 Å². The van der Waals surface area contributed by atoms with Gasteiger partial charge in [-0.05, 0) is 26.2 Å². The minimum Gasteiger partial charge on any atom is -0.370 e. The highest BCUT2D eigenvalue weighted by Crippen LogP contribution is 2.19.